The van der Waals surface area contributed by atoms with E-state index in [9.17, 15) is 21.2 Å². The molecule has 2 heterocycles. The van der Waals surface area contributed by atoms with Crippen molar-refractivity contribution in [3.8, 4) is 5.75 Å². The van der Waals surface area contributed by atoms with Gasteiger partial charge in [-0.2, -0.15) is 4.31 Å². The van der Waals surface area contributed by atoms with E-state index in [2.05, 4.69) is 6.58 Å². The zero-order valence-electron chi connectivity index (χ0n) is 18.7. The van der Waals surface area contributed by atoms with Gasteiger partial charge in [-0.3, -0.25) is 0 Å². The average molecular weight is 544 g/mol. The Morgan fingerprint density at radius 3 is 2.51 bits per heavy atom. The molecule has 0 amide bonds. The minimum atomic E-state index is -4.30. The van der Waals surface area contributed by atoms with Crippen LogP contribution >= 0.6 is 11.6 Å². The molecule has 0 unspecified atom stereocenters. The van der Waals surface area contributed by atoms with Crippen LogP contribution in [0.15, 0.2) is 53.9 Å². The second-order valence-corrected chi connectivity index (χ2v) is 13.9. The monoisotopic (exact) mass is 543 g/mol. The molecule has 0 N–H and O–H groups in total. The van der Waals surface area contributed by atoms with Gasteiger partial charge in [0.1, 0.15) is 10.6 Å². The summed E-state index contributed by atoms with van der Waals surface area (Å²) >= 11 is 5.98. The Morgan fingerprint density at radius 1 is 1.14 bits per heavy atom. The van der Waals surface area contributed by atoms with Gasteiger partial charge in [0, 0.05) is 23.5 Å². The van der Waals surface area contributed by atoms with Crippen LogP contribution in [0.25, 0.3) is 0 Å². The summed E-state index contributed by atoms with van der Waals surface area (Å²) in [6.07, 6.45) is 1.76. The van der Waals surface area contributed by atoms with Crippen molar-refractivity contribution in [1.29, 1.82) is 0 Å². The molecule has 4 atom stereocenters. The Kier molecular flexibility index (Phi) is 6.02. The maximum atomic E-state index is 15.5. The zero-order chi connectivity index (χ0) is 25.2. The van der Waals surface area contributed by atoms with Crippen molar-refractivity contribution in [2.75, 3.05) is 18.9 Å². The fourth-order valence-corrected chi connectivity index (χ4v) is 10.6. The van der Waals surface area contributed by atoms with Crippen molar-refractivity contribution in [3.05, 3.63) is 71.3 Å². The summed E-state index contributed by atoms with van der Waals surface area (Å²) in [6, 6.07) is 6.93. The Bertz CT molecular complexity index is 1400. The van der Waals surface area contributed by atoms with Crippen LogP contribution in [0.1, 0.15) is 24.8 Å². The van der Waals surface area contributed by atoms with E-state index in [1.54, 1.807) is 0 Å². The summed E-state index contributed by atoms with van der Waals surface area (Å²) in [7, 11) is -7.85. The highest BCUT2D eigenvalue weighted by atomic mass is 35.5. The Morgan fingerprint density at radius 2 is 1.83 bits per heavy atom. The van der Waals surface area contributed by atoms with E-state index >= 15 is 4.39 Å². The molecule has 11 heteroatoms. The van der Waals surface area contributed by atoms with Crippen LogP contribution in [0.3, 0.4) is 0 Å². The maximum Gasteiger partial charge on any atom is 0.214 e. The quantitative estimate of drug-likeness (QED) is 0.537. The molecule has 2 aliphatic heterocycles. The van der Waals surface area contributed by atoms with Crippen molar-refractivity contribution in [1.82, 2.24) is 4.31 Å². The Hall–Kier alpha value is -2.01. The first-order chi connectivity index (χ1) is 16.5. The van der Waals surface area contributed by atoms with Crippen molar-refractivity contribution < 1.29 is 30.4 Å². The average Bonchev–Trinajstić information content (AvgIpc) is 2.82. The summed E-state index contributed by atoms with van der Waals surface area (Å²) in [6.45, 7) is 3.58. The van der Waals surface area contributed by atoms with Crippen LogP contribution in [-0.4, -0.2) is 46.1 Å². The largest absolute Gasteiger partial charge is 0.490 e. The predicted molar refractivity (Wildman–Crippen MR) is 127 cm³/mol. The lowest BCUT2D eigenvalue weighted by molar-refractivity contribution is 0.0244. The fourth-order valence-electron chi connectivity index (χ4n) is 6.21. The van der Waals surface area contributed by atoms with Crippen molar-refractivity contribution >= 4 is 31.5 Å². The third-order valence-corrected chi connectivity index (χ3v) is 12.4. The van der Waals surface area contributed by atoms with Gasteiger partial charge in [0.05, 0.1) is 22.8 Å². The molecular formula is C24H24ClF2NO5S2. The third-order valence-electron chi connectivity index (χ3n) is 7.66. The lowest BCUT2D eigenvalue weighted by atomic mass is 9.64. The van der Waals surface area contributed by atoms with E-state index in [1.165, 1.54) is 34.6 Å². The van der Waals surface area contributed by atoms with E-state index in [0.717, 1.165) is 12.1 Å². The van der Waals surface area contributed by atoms with Crippen molar-refractivity contribution in [3.63, 3.8) is 0 Å². The number of hydrogen-bond acceptors (Lipinski definition) is 5. The van der Waals surface area contributed by atoms with Gasteiger partial charge >= 0.3 is 0 Å². The number of sulfone groups is 1. The van der Waals surface area contributed by atoms with Gasteiger partial charge in [-0.25, -0.2) is 25.6 Å². The SMILES string of the molecule is C=CCN1[C@@H]2CC[C@@]3(S(=O)(=O)c4ccc(Cl)cc4)c4c(F)ccc(F)c4OC[C@H]3[C@@H]2CCS1(=O)=O. The second-order valence-electron chi connectivity index (χ2n) is 9.23. The van der Waals surface area contributed by atoms with E-state index < -0.39 is 59.9 Å². The first-order valence-corrected chi connectivity index (χ1v) is 14.7. The lowest BCUT2D eigenvalue weighted by Crippen LogP contribution is -2.63. The van der Waals surface area contributed by atoms with Crippen molar-refractivity contribution in [2.24, 2.45) is 11.8 Å². The van der Waals surface area contributed by atoms with Crippen LogP contribution in [0.2, 0.25) is 5.02 Å². The summed E-state index contributed by atoms with van der Waals surface area (Å²) in [5, 5.41) is 0.337. The van der Waals surface area contributed by atoms with Gasteiger partial charge in [-0.1, -0.05) is 17.7 Å². The van der Waals surface area contributed by atoms with E-state index in [0.29, 0.717) is 5.02 Å². The van der Waals surface area contributed by atoms with Crippen LogP contribution in [0, 0.1) is 23.5 Å². The van der Waals surface area contributed by atoms with Crippen molar-refractivity contribution in [2.45, 2.75) is 34.9 Å². The number of halogens is 3. The number of sulfonamides is 1. The molecule has 188 valence electrons. The molecule has 2 aromatic carbocycles. The normalized spacial score (nSPS) is 29.9. The zero-order valence-corrected chi connectivity index (χ0v) is 21.1. The first-order valence-electron chi connectivity index (χ1n) is 11.3. The number of rotatable bonds is 4. The number of hydrogen-bond donors (Lipinski definition) is 0. The highest BCUT2D eigenvalue weighted by Crippen LogP contribution is 2.60. The van der Waals surface area contributed by atoms with E-state index in [1.807, 2.05) is 0 Å². The topological polar surface area (TPSA) is 80.8 Å². The van der Waals surface area contributed by atoms with E-state index in [-0.39, 0.29) is 48.6 Å². The van der Waals surface area contributed by atoms with Gasteiger partial charge in [0.25, 0.3) is 0 Å². The highest BCUT2D eigenvalue weighted by molar-refractivity contribution is 7.92. The summed E-state index contributed by atoms with van der Waals surface area (Å²) in [5.74, 6) is -3.52. The number of benzene rings is 2. The van der Waals surface area contributed by atoms with Gasteiger partial charge in [0.2, 0.25) is 10.0 Å². The van der Waals surface area contributed by atoms with Gasteiger partial charge in [-0.05, 0) is 61.6 Å². The van der Waals surface area contributed by atoms with Crippen LogP contribution in [0.5, 0.6) is 5.75 Å². The predicted octanol–water partition coefficient (Wildman–Crippen LogP) is 4.30. The van der Waals surface area contributed by atoms with Crippen LogP contribution in [0.4, 0.5) is 8.78 Å². The second kappa shape index (κ2) is 8.54. The fraction of sp³-hybridized carbons (Fsp3) is 0.417. The van der Waals surface area contributed by atoms with Gasteiger partial charge in [0.15, 0.2) is 21.4 Å². The molecule has 0 bridgehead atoms. The molecule has 1 saturated heterocycles. The molecule has 2 fully saturated rings. The molecule has 3 aliphatic rings. The lowest BCUT2D eigenvalue weighted by Gasteiger charge is -2.56. The first kappa shape index (κ1) is 24.7. The van der Waals surface area contributed by atoms with Gasteiger partial charge in [-0.15, -0.1) is 6.58 Å². The highest BCUT2D eigenvalue weighted by Gasteiger charge is 2.64. The molecule has 1 aliphatic carbocycles. The smallest absolute Gasteiger partial charge is 0.214 e. The molecule has 35 heavy (non-hydrogen) atoms. The number of fused-ring (bicyclic) bond motifs is 5. The number of nitrogens with zero attached hydrogens (tertiary/aromatic N) is 1. The molecule has 2 aromatic rings. The maximum absolute atomic E-state index is 15.5. The van der Waals surface area contributed by atoms with Crippen LogP contribution in [-0.2, 0) is 24.6 Å². The summed E-state index contributed by atoms with van der Waals surface area (Å²) < 4.78 is 89.9. The molecule has 6 nitrogen and oxygen atoms in total. The molecule has 0 spiro atoms. The van der Waals surface area contributed by atoms with Gasteiger partial charge < -0.3 is 4.74 Å². The van der Waals surface area contributed by atoms with E-state index in [4.69, 9.17) is 16.3 Å². The molecule has 0 radical (unpaired) electrons. The Labute approximate surface area is 208 Å². The Balaban J connectivity index is 1.75. The standard InChI is InChI=1S/C24H24ClF2NO5S2/c1-2-12-28-21-9-11-24(35(31,32)16-5-3-15(25)4-6-16)18(17(21)10-13-34(28,29)30)14-33-23-20(27)8-7-19(26)22(23)24/h2-8,17-18,21H,1,9-14H2/t17-,18-,21+,24-/m0/s1. The van der Waals surface area contributed by atoms with Crippen LogP contribution < -0.4 is 4.74 Å². The molecule has 5 rings (SSSR count). The minimum absolute atomic E-state index is 0.0618. The molecular weight excluding hydrogens is 520 g/mol. The summed E-state index contributed by atoms with van der Waals surface area (Å²) in [5.41, 5.74) is -0.314. The summed E-state index contributed by atoms with van der Waals surface area (Å²) in [4.78, 5) is -0.0618. The molecule has 1 saturated carbocycles. The third kappa shape index (κ3) is 3.55. The molecule has 0 aromatic heterocycles. The number of ether oxygens (including phenoxy) is 1. The minimum Gasteiger partial charge on any atom is -0.490 e.